The van der Waals surface area contributed by atoms with Crippen molar-refractivity contribution in [2.45, 2.75) is 25.6 Å². The molecule has 130 valence electrons. The van der Waals surface area contributed by atoms with Crippen LogP contribution in [0.4, 0.5) is 0 Å². The molecule has 25 heavy (non-hydrogen) atoms. The third-order valence-corrected chi connectivity index (χ3v) is 4.44. The molecule has 0 N–H and O–H groups in total. The fourth-order valence-corrected chi connectivity index (χ4v) is 3.36. The van der Waals surface area contributed by atoms with Crippen molar-refractivity contribution >= 4 is 0 Å². The van der Waals surface area contributed by atoms with Gasteiger partial charge in [-0.2, -0.15) is 0 Å². The zero-order chi connectivity index (χ0) is 17.1. The molecule has 4 rings (SSSR count). The van der Waals surface area contributed by atoms with E-state index >= 15 is 0 Å². The SMILES string of the molecule is Cn1nnc2c1[C@H](COCc1ccccn1)CN(Cc1ccco1)C2. The Kier molecular flexibility index (Phi) is 4.58. The van der Waals surface area contributed by atoms with Gasteiger partial charge in [-0.15, -0.1) is 5.10 Å². The maximum absolute atomic E-state index is 5.94. The lowest BCUT2D eigenvalue weighted by atomic mass is 9.99. The van der Waals surface area contributed by atoms with Gasteiger partial charge in [-0.05, 0) is 24.3 Å². The van der Waals surface area contributed by atoms with E-state index in [1.807, 2.05) is 42.1 Å². The lowest BCUT2D eigenvalue weighted by molar-refractivity contribution is 0.0796. The normalized spacial score (nSPS) is 17.6. The Hall–Kier alpha value is -2.51. The van der Waals surface area contributed by atoms with Gasteiger partial charge in [0.2, 0.25) is 0 Å². The molecule has 0 saturated heterocycles. The van der Waals surface area contributed by atoms with Crippen molar-refractivity contribution in [2.24, 2.45) is 7.05 Å². The van der Waals surface area contributed by atoms with Crippen molar-refractivity contribution in [1.29, 1.82) is 0 Å². The number of rotatable bonds is 6. The van der Waals surface area contributed by atoms with Crippen LogP contribution in [0.25, 0.3) is 0 Å². The summed E-state index contributed by atoms with van der Waals surface area (Å²) >= 11 is 0. The summed E-state index contributed by atoms with van der Waals surface area (Å²) in [6.07, 6.45) is 3.49. The Bertz CT molecular complexity index is 800. The lowest BCUT2D eigenvalue weighted by Gasteiger charge is -2.31. The summed E-state index contributed by atoms with van der Waals surface area (Å²) in [6.45, 7) is 3.55. The zero-order valence-corrected chi connectivity index (χ0v) is 14.2. The van der Waals surface area contributed by atoms with Gasteiger partial charge in [0, 0.05) is 32.3 Å². The van der Waals surface area contributed by atoms with Crippen LogP contribution >= 0.6 is 0 Å². The summed E-state index contributed by atoms with van der Waals surface area (Å²) in [4.78, 5) is 6.62. The van der Waals surface area contributed by atoms with Crippen LogP contribution in [-0.2, 0) is 31.5 Å². The molecule has 0 bridgehead atoms. The average Bonchev–Trinajstić information content (AvgIpc) is 3.26. The third-order valence-electron chi connectivity index (χ3n) is 4.44. The second-order valence-corrected chi connectivity index (χ2v) is 6.33. The molecule has 4 heterocycles. The van der Waals surface area contributed by atoms with Crippen LogP contribution in [0, 0.1) is 0 Å². The molecule has 1 aliphatic rings. The van der Waals surface area contributed by atoms with E-state index < -0.39 is 0 Å². The fourth-order valence-electron chi connectivity index (χ4n) is 3.36. The van der Waals surface area contributed by atoms with Crippen molar-refractivity contribution < 1.29 is 9.15 Å². The van der Waals surface area contributed by atoms with Gasteiger partial charge in [0.1, 0.15) is 11.5 Å². The third kappa shape index (κ3) is 3.62. The first-order valence-corrected chi connectivity index (χ1v) is 8.40. The Morgan fingerprint density at radius 2 is 2.24 bits per heavy atom. The number of nitrogens with zero attached hydrogens (tertiary/aromatic N) is 5. The predicted octanol–water partition coefficient (Wildman–Crippen LogP) is 2.12. The Morgan fingerprint density at radius 1 is 1.28 bits per heavy atom. The van der Waals surface area contributed by atoms with E-state index in [0.29, 0.717) is 13.2 Å². The quantitative estimate of drug-likeness (QED) is 0.685. The molecule has 1 aliphatic heterocycles. The number of fused-ring (bicyclic) bond motifs is 1. The molecule has 3 aromatic heterocycles. The highest BCUT2D eigenvalue weighted by Crippen LogP contribution is 2.28. The highest BCUT2D eigenvalue weighted by Gasteiger charge is 2.30. The Morgan fingerprint density at radius 3 is 3.04 bits per heavy atom. The number of furan rings is 1. The molecular weight excluding hydrogens is 318 g/mol. The van der Waals surface area contributed by atoms with Crippen LogP contribution in [0.2, 0.25) is 0 Å². The average molecular weight is 339 g/mol. The Balaban J connectivity index is 1.44. The van der Waals surface area contributed by atoms with Crippen LogP contribution in [0.3, 0.4) is 0 Å². The van der Waals surface area contributed by atoms with Crippen molar-refractivity contribution in [1.82, 2.24) is 24.9 Å². The van der Waals surface area contributed by atoms with Gasteiger partial charge in [0.25, 0.3) is 0 Å². The van der Waals surface area contributed by atoms with Crippen LogP contribution in [0.1, 0.15) is 28.8 Å². The van der Waals surface area contributed by atoms with Crippen molar-refractivity contribution in [3.63, 3.8) is 0 Å². The number of hydrogen-bond donors (Lipinski definition) is 0. The van der Waals surface area contributed by atoms with Crippen LogP contribution in [-0.4, -0.2) is 38.0 Å². The minimum absolute atomic E-state index is 0.224. The monoisotopic (exact) mass is 339 g/mol. The molecule has 0 saturated carbocycles. The highest BCUT2D eigenvalue weighted by atomic mass is 16.5. The maximum Gasteiger partial charge on any atom is 0.117 e. The van der Waals surface area contributed by atoms with Gasteiger partial charge >= 0.3 is 0 Å². The van der Waals surface area contributed by atoms with Crippen molar-refractivity contribution in [3.05, 3.63) is 65.6 Å². The largest absolute Gasteiger partial charge is 0.468 e. The maximum atomic E-state index is 5.94. The van der Waals surface area contributed by atoms with E-state index in [-0.39, 0.29) is 5.92 Å². The smallest absolute Gasteiger partial charge is 0.117 e. The molecule has 0 aliphatic carbocycles. The van der Waals surface area contributed by atoms with E-state index in [4.69, 9.17) is 9.15 Å². The number of pyridine rings is 1. The predicted molar refractivity (Wildman–Crippen MR) is 90.5 cm³/mol. The van der Waals surface area contributed by atoms with Gasteiger partial charge in [-0.3, -0.25) is 14.6 Å². The fraction of sp³-hybridized carbons (Fsp3) is 0.389. The summed E-state index contributed by atoms with van der Waals surface area (Å²) in [5.41, 5.74) is 3.12. The number of aryl methyl sites for hydroxylation is 1. The van der Waals surface area contributed by atoms with Gasteiger partial charge in [-0.1, -0.05) is 11.3 Å². The van der Waals surface area contributed by atoms with Gasteiger partial charge in [-0.25, -0.2) is 0 Å². The molecule has 3 aromatic rings. The van der Waals surface area contributed by atoms with Crippen molar-refractivity contribution in [3.8, 4) is 0 Å². The molecular formula is C18H21N5O2. The van der Waals surface area contributed by atoms with Crippen LogP contribution in [0.5, 0.6) is 0 Å². The van der Waals surface area contributed by atoms with Crippen LogP contribution < -0.4 is 0 Å². The van der Waals surface area contributed by atoms with E-state index in [0.717, 1.165) is 42.5 Å². The number of aromatic nitrogens is 4. The molecule has 0 aromatic carbocycles. The first-order valence-electron chi connectivity index (χ1n) is 8.40. The molecule has 7 nitrogen and oxygen atoms in total. The van der Waals surface area contributed by atoms with E-state index in [1.165, 1.54) is 0 Å². The highest BCUT2D eigenvalue weighted by molar-refractivity contribution is 5.20. The summed E-state index contributed by atoms with van der Waals surface area (Å²) < 4.78 is 13.3. The Labute approximate surface area is 146 Å². The topological polar surface area (TPSA) is 69.2 Å². The van der Waals surface area contributed by atoms with E-state index in [1.54, 1.807) is 12.5 Å². The van der Waals surface area contributed by atoms with E-state index in [9.17, 15) is 0 Å². The number of hydrogen-bond acceptors (Lipinski definition) is 6. The minimum Gasteiger partial charge on any atom is -0.468 e. The summed E-state index contributed by atoms with van der Waals surface area (Å²) in [6, 6.07) is 9.77. The molecule has 0 amide bonds. The molecule has 7 heteroatoms. The second-order valence-electron chi connectivity index (χ2n) is 6.33. The standard InChI is InChI=1S/C18H21N5O2/c1-22-18-14(12-24-13-15-5-2-3-7-19-15)9-23(11-17(18)20-21-22)10-16-6-4-8-25-16/h2-8,14H,9-13H2,1H3/t14-/m0/s1. The molecule has 0 spiro atoms. The number of ether oxygens (including phenoxy) is 1. The van der Waals surface area contributed by atoms with Gasteiger partial charge in [0.15, 0.2) is 0 Å². The second kappa shape index (κ2) is 7.16. The first kappa shape index (κ1) is 16.0. The molecule has 0 radical (unpaired) electrons. The van der Waals surface area contributed by atoms with Crippen molar-refractivity contribution in [2.75, 3.05) is 13.2 Å². The summed E-state index contributed by atoms with van der Waals surface area (Å²) in [5, 5.41) is 8.52. The molecule has 1 atom stereocenters. The zero-order valence-electron chi connectivity index (χ0n) is 14.2. The van der Waals surface area contributed by atoms with Crippen LogP contribution in [0.15, 0.2) is 47.2 Å². The summed E-state index contributed by atoms with van der Waals surface area (Å²) in [7, 11) is 1.94. The van der Waals surface area contributed by atoms with E-state index in [2.05, 4.69) is 20.2 Å². The first-order chi connectivity index (χ1) is 12.3. The minimum atomic E-state index is 0.224. The molecule has 0 fully saturated rings. The lowest BCUT2D eigenvalue weighted by Crippen LogP contribution is -2.35. The van der Waals surface area contributed by atoms with Gasteiger partial charge < -0.3 is 9.15 Å². The van der Waals surface area contributed by atoms with Gasteiger partial charge in [0.05, 0.1) is 37.4 Å². The molecule has 0 unspecified atom stereocenters. The summed E-state index contributed by atoms with van der Waals surface area (Å²) in [5.74, 6) is 1.18.